The average molecular weight is 845 g/mol. The lowest BCUT2D eigenvalue weighted by molar-refractivity contribution is -0.327. The molecule has 2 heterocycles. The second kappa shape index (κ2) is 15.9. The molecule has 10 N–H and O–H groups in total. The lowest BCUT2D eigenvalue weighted by Gasteiger charge is -2.65. The van der Waals surface area contributed by atoms with E-state index in [9.17, 15) is 55.9 Å². The van der Waals surface area contributed by atoms with Crippen molar-refractivity contribution in [3.8, 4) is 0 Å². The van der Waals surface area contributed by atoms with Crippen LogP contribution < -0.4 is 0 Å². The Hall–Kier alpha value is -1.09. The molecule has 5 saturated carbocycles. The van der Waals surface area contributed by atoms with Crippen LogP contribution in [0.5, 0.6) is 0 Å². The molecule has 16 nitrogen and oxygen atoms in total. The number of aliphatic hydroxyl groups excluding tert-OH is 10. The molecule has 2 saturated heterocycles. The summed E-state index contributed by atoms with van der Waals surface area (Å²) in [5.74, 6) is -1.21. The van der Waals surface area contributed by atoms with E-state index in [0.29, 0.717) is 32.1 Å². The van der Waals surface area contributed by atoms with Gasteiger partial charge < -0.3 is 74.7 Å². The highest BCUT2D eigenvalue weighted by Crippen LogP contribution is 2.89. The second-order valence-electron chi connectivity index (χ2n) is 21.2. The van der Waals surface area contributed by atoms with Crippen molar-refractivity contribution in [2.75, 3.05) is 19.8 Å². The van der Waals surface area contributed by atoms with E-state index < -0.39 is 114 Å². The van der Waals surface area contributed by atoms with Crippen molar-refractivity contribution in [2.24, 2.45) is 50.7 Å². The number of carbonyl (C=O) groups is 1. The van der Waals surface area contributed by atoms with Crippen LogP contribution in [0.15, 0.2) is 0 Å². The Morgan fingerprint density at radius 2 is 1.56 bits per heavy atom. The zero-order valence-electron chi connectivity index (χ0n) is 35.7. The molecule has 16 heteroatoms. The highest BCUT2D eigenvalue weighted by molar-refractivity contribution is 5.66. The molecular formula is C43H72O16. The van der Waals surface area contributed by atoms with Gasteiger partial charge in [0.05, 0.1) is 43.2 Å². The molecule has 7 aliphatic rings. The number of hydrogen-bond acceptors (Lipinski definition) is 16. The fraction of sp³-hybridized carbons (Fsp3) is 0.977. The molecule has 7 fully saturated rings. The van der Waals surface area contributed by atoms with Gasteiger partial charge in [-0.1, -0.05) is 27.7 Å². The maximum absolute atomic E-state index is 12.4. The van der Waals surface area contributed by atoms with Crippen molar-refractivity contribution < 1.29 is 79.5 Å². The highest BCUT2D eigenvalue weighted by atomic mass is 16.7. The third kappa shape index (κ3) is 6.97. The van der Waals surface area contributed by atoms with Gasteiger partial charge in [-0.3, -0.25) is 4.79 Å². The minimum atomic E-state index is -1.54. The molecule has 2 aliphatic heterocycles. The molecule has 0 aromatic carbocycles. The summed E-state index contributed by atoms with van der Waals surface area (Å²) < 4.78 is 28.9. The van der Waals surface area contributed by atoms with Gasteiger partial charge in [0.2, 0.25) is 0 Å². The summed E-state index contributed by atoms with van der Waals surface area (Å²) >= 11 is 0. The highest BCUT2D eigenvalue weighted by Gasteiger charge is 2.85. The monoisotopic (exact) mass is 844 g/mol. The van der Waals surface area contributed by atoms with Crippen molar-refractivity contribution in [3.05, 3.63) is 0 Å². The van der Waals surface area contributed by atoms with Gasteiger partial charge in [-0.05, 0) is 117 Å². The predicted octanol–water partition coefficient (Wildman–Crippen LogP) is 0.107. The summed E-state index contributed by atoms with van der Waals surface area (Å²) in [4.78, 5) is 11.6. The van der Waals surface area contributed by atoms with Gasteiger partial charge in [0, 0.05) is 18.9 Å². The Bertz CT molecular complexity index is 1530. The van der Waals surface area contributed by atoms with E-state index in [0.717, 1.165) is 19.3 Å². The Balaban J connectivity index is 1.04. The summed E-state index contributed by atoms with van der Waals surface area (Å²) in [6, 6.07) is 0. The van der Waals surface area contributed by atoms with Gasteiger partial charge >= 0.3 is 5.97 Å². The van der Waals surface area contributed by atoms with E-state index in [4.69, 9.17) is 23.7 Å². The lowest BCUT2D eigenvalue weighted by Crippen LogP contribution is -2.64. The Morgan fingerprint density at radius 1 is 0.864 bits per heavy atom. The number of aliphatic hydroxyl groups is 10. The maximum Gasteiger partial charge on any atom is 0.303 e. The van der Waals surface area contributed by atoms with Crippen molar-refractivity contribution in [2.45, 2.75) is 192 Å². The molecule has 7 rings (SSSR count). The number of ether oxygens (including phenoxy) is 5. The minimum absolute atomic E-state index is 0.0564. The van der Waals surface area contributed by atoms with E-state index in [1.54, 1.807) is 13.8 Å². The van der Waals surface area contributed by atoms with Gasteiger partial charge in [0.15, 0.2) is 18.7 Å². The zero-order valence-corrected chi connectivity index (χ0v) is 35.7. The van der Waals surface area contributed by atoms with E-state index >= 15 is 0 Å². The SMILES string of the molecule is CC(=O)O[C@@H]1[C@@H](O)[C@H](OC(C)(C)[C@H](O)CC[C@@H](C)[C@H]2[C@@H](O)C[C@@]3(C)[C@@H]4[C@@H](O)C[C@H]5C(C)(C)[C@@H](O[C@@H]6O[C@H](CO)[C@@H](O)[C@H](O)[C@H]6O)CC[C@@]56C[C@@]46CC[C@]23CO)OC[C@H]1O. The van der Waals surface area contributed by atoms with Gasteiger partial charge in [-0.25, -0.2) is 0 Å². The van der Waals surface area contributed by atoms with E-state index in [2.05, 4.69) is 20.8 Å². The standard InChI is InChI=1S/C43H72O16/c1-20(8-9-27(50)39(5,6)59-36-33(54)34(56-21(2)46)24(49)17-55-36)29-23(48)15-40(7)35-22(47)14-26-38(3,4)28(58-37-32(53)31(52)30(51)25(16-44)57-37)10-11-41(26)18-42(35,41)12-13-43(29,40)19-45/h20,22-37,44-45,47-54H,8-19H2,1-7H3/t20-,22+,23+,24-,25-,26+,27-,28+,29+,30-,31+,32-,33-,34+,35+,36+,37+,40+,41-,42+,43+/m1/s1. The third-order valence-electron chi connectivity index (χ3n) is 17.6. The molecule has 21 atom stereocenters. The average Bonchev–Trinajstić information content (AvgIpc) is 3.74. The summed E-state index contributed by atoms with van der Waals surface area (Å²) in [6.45, 7) is 12.1. The fourth-order valence-electron chi connectivity index (χ4n) is 14.7. The van der Waals surface area contributed by atoms with Crippen LogP contribution in [0.4, 0.5) is 0 Å². The maximum atomic E-state index is 12.4. The predicted molar refractivity (Wildman–Crippen MR) is 207 cm³/mol. The number of fused-ring (bicyclic) bond motifs is 2. The second-order valence-corrected chi connectivity index (χ2v) is 21.2. The molecule has 0 unspecified atom stereocenters. The van der Waals surface area contributed by atoms with Crippen molar-refractivity contribution >= 4 is 5.97 Å². The third-order valence-corrected chi connectivity index (χ3v) is 17.6. The summed E-state index contributed by atoms with van der Waals surface area (Å²) in [5, 5.41) is 110. The van der Waals surface area contributed by atoms with Crippen LogP contribution in [0.2, 0.25) is 0 Å². The smallest absolute Gasteiger partial charge is 0.303 e. The van der Waals surface area contributed by atoms with Crippen molar-refractivity contribution in [1.82, 2.24) is 0 Å². The van der Waals surface area contributed by atoms with Crippen molar-refractivity contribution in [1.29, 1.82) is 0 Å². The molecule has 0 aromatic heterocycles. The van der Waals surface area contributed by atoms with Crippen LogP contribution in [0.3, 0.4) is 0 Å². The van der Waals surface area contributed by atoms with Crippen LogP contribution in [0.1, 0.15) is 106 Å². The zero-order chi connectivity index (χ0) is 43.4. The Labute approximate surface area is 347 Å². The summed E-state index contributed by atoms with van der Waals surface area (Å²) in [6.07, 6.45) is -9.40. The number of hydrogen-bond donors (Lipinski definition) is 10. The van der Waals surface area contributed by atoms with Crippen LogP contribution in [-0.2, 0) is 28.5 Å². The molecule has 0 bridgehead atoms. The van der Waals surface area contributed by atoms with Crippen LogP contribution in [0, 0.1) is 50.7 Å². The van der Waals surface area contributed by atoms with Crippen LogP contribution in [0.25, 0.3) is 0 Å². The molecule has 0 aromatic rings. The fourth-order valence-corrected chi connectivity index (χ4v) is 14.7. The van der Waals surface area contributed by atoms with E-state index in [-0.39, 0.29) is 54.1 Å². The molecule has 59 heavy (non-hydrogen) atoms. The topological polar surface area (TPSA) is 266 Å². The van der Waals surface area contributed by atoms with Gasteiger partial charge in [0.25, 0.3) is 0 Å². The first-order valence-electron chi connectivity index (χ1n) is 21.9. The lowest BCUT2D eigenvalue weighted by atomic mass is 9.41. The molecular weight excluding hydrogens is 772 g/mol. The molecule has 340 valence electrons. The first kappa shape index (κ1) is 45.9. The van der Waals surface area contributed by atoms with Crippen LogP contribution in [-0.4, -0.2) is 162 Å². The summed E-state index contributed by atoms with van der Waals surface area (Å²) in [5.41, 5.74) is -3.24. The molecule has 0 radical (unpaired) electrons. The van der Waals surface area contributed by atoms with Gasteiger partial charge in [-0.2, -0.15) is 0 Å². The largest absolute Gasteiger partial charge is 0.457 e. The van der Waals surface area contributed by atoms with Crippen LogP contribution >= 0.6 is 0 Å². The first-order valence-corrected chi connectivity index (χ1v) is 21.9. The van der Waals surface area contributed by atoms with Gasteiger partial charge in [-0.15, -0.1) is 0 Å². The number of rotatable bonds is 12. The van der Waals surface area contributed by atoms with Crippen molar-refractivity contribution in [3.63, 3.8) is 0 Å². The first-order chi connectivity index (χ1) is 27.5. The molecule has 2 spiro atoms. The Morgan fingerprint density at radius 3 is 2.20 bits per heavy atom. The molecule has 5 aliphatic carbocycles. The number of carbonyl (C=O) groups excluding carboxylic acids is 1. The quantitative estimate of drug-likeness (QED) is 0.0923. The number of esters is 1. The van der Waals surface area contributed by atoms with E-state index in [1.807, 2.05) is 6.92 Å². The van der Waals surface area contributed by atoms with Gasteiger partial charge in [0.1, 0.15) is 36.6 Å². The summed E-state index contributed by atoms with van der Waals surface area (Å²) in [7, 11) is 0. The minimum Gasteiger partial charge on any atom is -0.457 e. The Kier molecular flexibility index (Phi) is 12.3. The normalized spacial score (nSPS) is 51.4. The van der Waals surface area contributed by atoms with E-state index in [1.165, 1.54) is 6.92 Å². The molecule has 0 amide bonds.